The van der Waals surface area contributed by atoms with Crippen molar-refractivity contribution >= 4 is 23.2 Å². The van der Waals surface area contributed by atoms with Gasteiger partial charge in [0.25, 0.3) is 0 Å². The lowest BCUT2D eigenvalue weighted by molar-refractivity contribution is 0.0702. The van der Waals surface area contributed by atoms with E-state index in [1.807, 2.05) is 12.2 Å². The van der Waals surface area contributed by atoms with Gasteiger partial charge in [-0.25, -0.2) is 9.67 Å². The molecular weight excluding hydrogens is 349 g/mol. The minimum atomic E-state index is -1.09. The largest absolute Gasteiger partial charge is 0.466 e. The molecule has 1 N–H and O–H groups in total. The summed E-state index contributed by atoms with van der Waals surface area (Å²) in [6.07, 6.45) is 11.5. The highest BCUT2D eigenvalue weighted by atomic mass is 35.5. The summed E-state index contributed by atoms with van der Waals surface area (Å²) in [7, 11) is 0. The molecule has 1 atom stereocenters. The van der Waals surface area contributed by atoms with Gasteiger partial charge in [-0.2, -0.15) is 5.10 Å². The number of aromatic nitrogens is 3. The van der Waals surface area contributed by atoms with Crippen molar-refractivity contribution in [3.05, 3.63) is 58.0 Å². The van der Waals surface area contributed by atoms with Crippen LogP contribution >= 0.6 is 23.2 Å². The Morgan fingerprint density at radius 2 is 2.00 bits per heavy atom. The van der Waals surface area contributed by atoms with Gasteiger partial charge in [0, 0.05) is 22.9 Å². The van der Waals surface area contributed by atoms with Crippen molar-refractivity contribution in [2.45, 2.75) is 44.8 Å². The molecule has 0 radical (unpaired) electrons. The highest BCUT2D eigenvalue weighted by molar-refractivity contribution is 6.31. The van der Waals surface area contributed by atoms with Crippen LogP contribution in [0.25, 0.3) is 0 Å². The zero-order chi connectivity index (χ0) is 17.2. The minimum absolute atomic E-state index is 0.303. The predicted molar refractivity (Wildman–Crippen MR) is 93.2 cm³/mol. The van der Waals surface area contributed by atoms with Crippen LogP contribution in [0.5, 0.6) is 0 Å². The number of aliphatic hydroxyl groups is 1. The maximum absolute atomic E-state index is 10.8. The van der Waals surface area contributed by atoms with E-state index < -0.39 is 5.60 Å². The average Bonchev–Trinajstić information content (AvgIpc) is 3.01. The first-order chi connectivity index (χ1) is 11.4. The summed E-state index contributed by atoms with van der Waals surface area (Å²) in [5.41, 5.74) is -0.305. The van der Waals surface area contributed by atoms with Crippen molar-refractivity contribution < 1.29 is 9.84 Å². The molecule has 1 unspecified atom stereocenters. The molecule has 0 fully saturated rings. The van der Waals surface area contributed by atoms with E-state index in [1.54, 1.807) is 24.0 Å². The number of allylic oxidation sites excluding steroid dienone is 7. The summed E-state index contributed by atoms with van der Waals surface area (Å²) in [5, 5.41) is 16.2. The summed E-state index contributed by atoms with van der Waals surface area (Å²) in [6.45, 7) is 2.04. The number of halogens is 2. The Bertz CT molecular complexity index is 731. The molecule has 1 aromatic heterocycles. The van der Waals surface area contributed by atoms with Crippen LogP contribution in [0.1, 0.15) is 32.6 Å². The van der Waals surface area contributed by atoms with Crippen LogP contribution in [0.15, 0.2) is 58.0 Å². The molecule has 0 saturated carbocycles. The first-order valence-corrected chi connectivity index (χ1v) is 8.57. The molecule has 2 aliphatic rings. The van der Waals surface area contributed by atoms with E-state index in [0.29, 0.717) is 24.4 Å². The second-order valence-corrected chi connectivity index (χ2v) is 7.05. The Labute approximate surface area is 150 Å². The summed E-state index contributed by atoms with van der Waals surface area (Å²) >= 11 is 12.4. The molecule has 1 heterocycles. The number of ether oxygens (including phenoxy) is 1. The lowest BCUT2D eigenvalue weighted by atomic mass is 9.88. The van der Waals surface area contributed by atoms with Crippen LogP contribution in [0.2, 0.25) is 0 Å². The zero-order valence-corrected chi connectivity index (χ0v) is 14.9. The Kier molecular flexibility index (Phi) is 5.13. The van der Waals surface area contributed by atoms with Crippen LogP contribution in [0.3, 0.4) is 0 Å². The molecular formula is C17H19Cl2N3O2. The second kappa shape index (κ2) is 7.13. The monoisotopic (exact) mass is 367 g/mol. The maximum Gasteiger partial charge on any atom is 0.137 e. The number of hydrogen-bond acceptors (Lipinski definition) is 4. The number of hydrogen-bond donors (Lipinski definition) is 1. The molecule has 0 saturated heterocycles. The zero-order valence-electron chi connectivity index (χ0n) is 13.4. The van der Waals surface area contributed by atoms with Gasteiger partial charge in [0.2, 0.25) is 0 Å². The van der Waals surface area contributed by atoms with Crippen LogP contribution in [0, 0.1) is 0 Å². The Morgan fingerprint density at radius 3 is 2.62 bits per heavy atom. The average molecular weight is 368 g/mol. The molecule has 128 valence electrons. The van der Waals surface area contributed by atoms with Crippen LogP contribution in [-0.2, 0) is 11.3 Å². The van der Waals surface area contributed by atoms with E-state index in [9.17, 15) is 5.11 Å². The Hall–Kier alpha value is -1.56. The van der Waals surface area contributed by atoms with Crippen molar-refractivity contribution in [1.82, 2.24) is 14.8 Å². The van der Waals surface area contributed by atoms with E-state index >= 15 is 0 Å². The lowest BCUT2D eigenvalue weighted by Gasteiger charge is -2.30. The number of nitrogens with zero attached hydrogens (tertiary/aromatic N) is 3. The SMILES string of the molecule is CC(O)(Cn1cncn1)C1=C(Cl)C=C(OC2=CC=C(Cl)CC2)CC1. The van der Waals surface area contributed by atoms with Gasteiger partial charge in [0.05, 0.1) is 6.54 Å². The van der Waals surface area contributed by atoms with Gasteiger partial charge in [-0.05, 0) is 43.6 Å². The first kappa shape index (κ1) is 17.3. The van der Waals surface area contributed by atoms with Crippen LogP contribution < -0.4 is 0 Å². The van der Waals surface area contributed by atoms with Crippen molar-refractivity contribution in [3.63, 3.8) is 0 Å². The Morgan fingerprint density at radius 1 is 1.21 bits per heavy atom. The smallest absolute Gasteiger partial charge is 0.137 e. The molecule has 0 amide bonds. The normalized spacial score (nSPS) is 20.9. The first-order valence-electron chi connectivity index (χ1n) is 7.81. The molecule has 0 bridgehead atoms. The highest BCUT2D eigenvalue weighted by Gasteiger charge is 2.31. The molecule has 0 aromatic carbocycles. The van der Waals surface area contributed by atoms with Gasteiger partial charge < -0.3 is 9.84 Å². The predicted octanol–water partition coefficient (Wildman–Crippen LogP) is 4.02. The lowest BCUT2D eigenvalue weighted by Crippen LogP contribution is -2.34. The minimum Gasteiger partial charge on any atom is -0.466 e. The van der Waals surface area contributed by atoms with Gasteiger partial charge in [0.1, 0.15) is 29.8 Å². The topological polar surface area (TPSA) is 60.2 Å². The fourth-order valence-corrected chi connectivity index (χ4v) is 3.42. The third-order valence-electron chi connectivity index (χ3n) is 4.11. The molecule has 3 rings (SSSR count). The summed E-state index contributed by atoms with van der Waals surface area (Å²) in [4.78, 5) is 3.89. The molecule has 0 aliphatic heterocycles. The van der Waals surface area contributed by atoms with Gasteiger partial charge in [-0.1, -0.05) is 23.2 Å². The van der Waals surface area contributed by atoms with E-state index in [2.05, 4.69) is 10.1 Å². The van der Waals surface area contributed by atoms with Crippen LogP contribution in [0.4, 0.5) is 0 Å². The van der Waals surface area contributed by atoms with Gasteiger partial charge in [0.15, 0.2) is 0 Å². The second-order valence-electron chi connectivity index (χ2n) is 6.15. The van der Waals surface area contributed by atoms with Crippen molar-refractivity contribution in [2.24, 2.45) is 0 Å². The third-order valence-corrected chi connectivity index (χ3v) is 4.76. The molecule has 2 aliphatic carbocycles. The standard InChI is InChI=1S/C17H19Cl2N3O2/c1-17(23,9-22-11-20-10-21-22)15-7-6-14(8-16(15)19)24-13-4-2-12(18)3-5-13/h2,4,8,10-11,23H,3,5-7,9H2,1H3. The Balaban J connectivity index is 1.73. The van der Waals surface area contributed by atoms with Crippen LogP contribution in [-0.4, -0.2) is 25.5 Å². The molecule has 7 heteroatoms. The summed E-state index contributed by atoms with van der Waals surface area (Å²) in [5.74, 6) is 1.69. The van der Waals surface area contributed by atoms with Gasteiger partial charge in [-0.15, -0.1) is 0 Å². The maximum atomic E-state index is 10.8. The van der Waals surface area contributed by atoms with E-state index in [-0.39, 0.29) is 0 Å². The number of rotatable bonds is 5. The van der Waals surface area contributed by atoms with Crippen molar-refractivity contribution in [1.29, 1.82) is 0 Å². The molecule has 24 heavy (non-hydrogen) atoms. The summed E-state index contributed by atoms with van der Waals surface area (Å²) in [6, 6.07) is 0. The molecule has 0 spiro atoms. The highest BCUT2D eigenvalue weighted by Crippen LogP contribution is 2.36. The summed E-state index contributed by atoms with van der Waals surface area (Å²) < 4.78 is 7.50. The molecule has 5 nitrogen and oxygen atoms in total. The molecule has 1 aromatic rings. The van der Waals surface area contributed by atoms with Gasteiger partial charge in [-0.3, -0.25) is 0 Å². The van der Waals surface area contributed by atoms with Crippen molar-refractivity contribution in [3.8, 4) is 0 Å². The van der Waals surface area contributed by atoms with E-state index in [1.165, 1.54) is 6.33 Å². The van der Waals surface area contributed by atoms with Crippen molar-refractivity contribution in [2.75, 3.05) is 0 Å². The fourth-order valence-electron chi connectivity index (χ4n) is 2.85. The quantitative estimate of drug-likeness (QED) is 0.853. The third kappa shape index (κ3) is 4.09. The van der Waals surface area contributed by atoms with E-state index in [0.717, 1.165) is 35.0 Å². The van der Waals surface area contributed by atoms with E-state index in [4.69, 9.17) is 27.9 Å². The fraction of sp³-hybridized carbons (Fsp3) is 0.412. The van der Waals surface area contributed by atoms with Gasteiger partial charge >= 0.3 is 0 Å².